The van der Waals surface area contributed by atoms with Crippen LogP contribution in [-0.4, -0.2) is 42.3 Å². The highest BCUT2D eigenvalue weighted by Crippen LogP contribution is 2.49. The summed E-state index contributed by atoms with van der Waals surface area (Å²) < 4.78 is 6.92. The van der Waals surface area contributed by atoms with Crippen molar-refractivity contribution in [3.8, 4) is 0 Å². The maximum atomic E-state index is 13.7. The van der Waals surface area contributed by atoms with Gasteiger partial charge in [0.25, 0.3) is 0 Å². The predicted octanol–water partition coefficient (Wildman–Crippen LogP) is 5.69. The van der Waals surface area contributed by atoms with E-state index in [1.54, 1.807) is 35.6 Å². The highest BCUT2D eigenvalue weighted by molar-refractivity contribution is 7.78. The van der Waals surface area contributed by atoms with Gasteiger partial charge in [0.1, 0.15) is 11.5 Å². The standard InChI is InChI=1S/C28H27ClN2O3S2/c29-23-4-2-1-3-22(23)25-24(32)15-28(31(35)26(25)33,20-9-14-36-16-20)19-5-7-21(8-6-19)30-12-10-27(11-13-30)17-34-18-27/h1-9,14,16,25,35H,10-13,15,17-18H2. The minimum atomic E-state index is -0.983. The third kappa shape index (κ3) is 3.79. The van der Waals surface area contributed by atoms with E-state index in [0.717, 1.165) is 56.0 Å². The molecule has 0 aliphatic carbocycles. The number of benzene rings is 2. The maximum absolute atomic E-state index is 13.7. The summed E-state index contributed by atoms with van der Waals surface area (Å²) in [5.74, 6) is -1.47. The first-order chi connectivity index (χ1) is 17.4. The van der Waals surface area contributed by atoms with Crippen molar-refractivity contribution in [3.05, 3.63) is 87.1 Å². The second-order valence-electron chi connectivity index (χ2n) is 10.1. The Balaban J connectivity index is 1.33. The lowest BCUT2D eigenvalue weighted by molar-refractivity contribution is -0.142. The van der Waals surface area contributed by atoms with Gasteiger partial charge in [-0.05, 0) is 64.6 Å². The molecule has 2 unspecified atom stereocenters. The summed E-state index contributed by atoms with van der Waals surface area (Å²) in [4.78, 5) is 29.8. The summed E-state index contributed by atoms with van der Waals surface area (Å²) in [7, 11) is 0. The molecule has 36 heavy (non-hydrogen) atoms. The van der Waals surface area contributed by atoms with Gasteiger partial charge < -0.3 is 9.64 Å². The van der Waals surface area contributed by atoms with Crippen LogP contribution in [0.2, 0.25) is 5.02 Å². The Morgan fingerprint density at radius 3 is 2.31 bits per heavy atom. The van der Waals surface area contributed by atoms with Crippen LogP contribution >= 0.6 is 35.8 Å². The predicted molar refractivity (Wildman–Crippen MR) is 146 cm³/mol. The van der Waals surface area contributed by atoms with Crippen LogP contribution < -0.4 is 4.90 Å². The Bertz CT molecular complexity index is 1280. The molecule has 186 valence electrons. The molecule has 0 saturated carbocycles. The Hall–Kier alpha value is -2.32. The Kier molecular flexibility index (Phi) is 6.15. The number of ketones is 1. The molecule has 1 amide bonds. The zero-order valence-corrected chi connectivity index (χ0v) is 22.2. The maximum Gasteiger partial charge on any atom is 0.248 e. The molecule has 1 spiro atoms. The van der Waals surface area contributed by atoms with Crippen LogP contribution in [0.15, 0.2) is 65.4 Å². The molecule has 1 aromatic heterocycles. The number of Topliss-reactive ketones (excluding diaryl/α,β-unsaturated/α-hetero) is 1. The third-order valence-electron chi connectivity index (χ3n) is 8.13. The second-order valence-corrected chi connectivity index (χ2v) is 11.7. The van der Waals surface area contributed by atoms with Gasteiger partial charge in [-0.25, -0.2) is 0 Å². The molecule has 0 N–H and O–H groups in total. The first-order valence-corrected chi connectivity index (χ1v) is 13.9. The number of anilines is 1. The van der Waals surface area contributed by atoms with Crippen LogP contribution in [0.3, 0.4) is 0 Å². The number of ether oxygens (including phenoxy) is 1. The lowest BCUT2D eigenvalue weighted by Crippen LogP contribution is -2.54. The van der Waals surface area contributed by atoms with E-state index in [-0.39, 0.29) is 18.1 Å². The molecule has 3 aromatic rings. The van der Waals surface area contributed by atoms with Gasteiger partial charge in [0.05, 0.1) is 13.2 Å². The van der Waals surface area contributed by atoms with E-state index in [0.29, 0.717) is 16.0 Å². The second kappa shape index (κ2) is 9.21. The molecule has 8 heteroatoms. The SMILES string of the molecule is O=C1CC(c2ccc(N3CCC4(CC3)COC4)cc2)(c2ccsc2)N(S)C(=O)C1c1ccccc1Cl. The molecule has 2 atom stereocenters. The van der Waals surface area contributed by atoms with Crippen molar-refractivity contribution in [2.75, 3.05) is 31.2 Å². The van der Waals surface area contributed by atoms with Gasteiger partial charge in [-0.15, -0.1) is 0 Å². The van der Waals surface area contributed by atoms with E-state index in [4.69, 9.17) is 29.2 Å². The van der Waals surface area contributed by atoms with Gasteiger partial charge in [0, 0.05) is 35.6 Å². The minimum absolute atomic E-state index is 0.125. The number of halogens is 1. The number of carbonyl (C=O) groups excluding carboxylic acids is 2. The monoisotopic (exact) mass is 538 g/mol. The molecule has 3 saturated heterocycles. The van der Waals surface area contributed by atoms with Crippen molar-refractivity contribution in [1.29, 1.82) is 0 Å². The number of thiol groups is 1. The molecule has 6 rings (SSSR count). The van der Waals surface area contributed by atoms with E-state index in [9.17, 15) is 9.59 Å². The fraction of sp³-hybridized carbons (Fsp3) is 0.357. The van der Waals surface area contributed by atoms with Gasteiger partial charge in [0.15, 0.2) is 5.78 Å². The van der Waals surface area contributed by atoms with E-state index in [1.807, 2.05) is 29.0 Å². The van der Waals surface area contributed by atoms with E-state index >= 15 is 0 Å². The van der Waals surface area contributed by atoms with Gasteiger partial charge in [0.2, 0.25) is 5.91 Å². The van der Waals surface area contributed by atoms with Crippen LogP contribution in [0.5, 0.6) is 0 Å². The first-order valence-electron chi connectivity index (χ1n) is 12.2. The van der Waals surface area contributed by atoms with Gasteiger partial charge in [-0.2, -0.15) is 11.3 Å². The highest BCUT2D eigenvalue weighted by atomic mass is 35.5. The van der Waals surface area contributed by atoms with Crippen molar-refractivity contribution in [3.63, 3.8) is 0 Å². The van der Waals surface area contributed by atoms with Crippen molar-refractivity contribution in [2.24, 2.45) is 5.41 Å². The molecular formula is C28H27ClN2O3S2. The molecule has 2 aromatic carbocycles. The molecule has 3 aliphatic rings. The Morgan fingerprint density at radius 2 is 1.69 bits per heavy atom. The van der Waals surface area contributed by atoms with Crippen molar-refractivity contribution in [1.82, 2.24) is 4.31 Å². The molecular weight excluding hydrogens is 512 g/mol. The summed E-state index contributed by atoms with van der Waals surface area (Å²) in [5, 5.41) is 4.38. The quantitative estimate of drug-likeness (QED) is 0.342. The highest BCUT2D eigenvalue weighted by Gasteiger charge is 2.53. The number of piperidine rings is 2. The molecule has 4 heterocycles. The summed E-state index contributed by atoms with van der Waals surface area (Å²) in [6, 6.07) is 17.3. The average Bonchev–Trinajstić information content (AvgIpc) is 3.42. The lowest BCUT2D eigenvalue weighted by atomic mass is 9.73. The van der Waals surface area contributed by atoms with E-state index in [2.05, 4.69) is 17.0 Å². The van der Waals surface area contributed by atoms with Gasteiger partial charge >= 0.3 is 0 Å². The topological polar surface area (TPSA) is 49.9 Å². The van der Waals surface area contributed by atoms with Crippen molar-refractivity contribution < 1.29 is 14.3 Å². The van der Waals surface area contributed by atoms with Crippen LogP contribution in [0.1, 0.15) is 41.9 Å². The molecule has 3 aliphatic heterocycles. The van der Waals surface area contributed by atoms with E-state index < -0.39 is 11.5 Å². The Morgan fingerprint density at radius 1 is 0.972 bits per heavy atom. The van der Waals surface area contributed by atoms with Crippen molar-refractivity contribution in [2.45, 2.75) is 30.7 Å². The fourth-order valence-electron chi connectivity index (χ4n) is 5.87. The molecule has 3 fully saturated rings. The lowest BCUT2D eigenvalue weighted by Gasteiger charge is -2.48. The summed E-state index contributed by atoms with van der Waals surface area (Å²) in [6.07, 6.45) is 2.41. The van der Waals surface area contributed by atoms with Crippen LogP contribution in [0.4, 0.5) is 5.69 Å². The van der Waals surface area contributed by atoms with Crippen LogP contribution in [-0.2, 0) is 19.9 Å². The first kappa shape index (κ1) is 24.0. The number of amides is 1. The molecule has 5 nitrogen and oxygen atoms in total. The Labute approximate surface area is 225 Å². The average molecular weight is 539 g/mol. The van der Waals surface area contributed by atoms with Crippen LogP contribution in [0, 0.1) is 5.41 Å². The van der Waals surface area contributed by atoms with Crippen LogP contribution in [0.25, 0.3) is 0 Å². The number of hydrogen-bond acceptors (Lipinski definition) is 6. The number of hydrogen-bond donors (Lipinski definition) is 1. The van der Waals surface area contributed by atoms with Gasteiger partial charge in [-0.3, -0.25) is 13.9 Å². The zero-order chi connectivity index (χ0) is 24.9. The number of thiophene rings is 1. The van der Waals surface area contributed by atoms with Crippen molar-refractivity contribution >= 4 is 53.1 Å². The smallest absolute Gasteiger partial charge is 0.248 e. The summed E-state index contributed by atoms with van der Waals surface area (Å²) in [6.45, 7) is 3.79. The molecule has 0 bridgehead atoms. The third-order valence-corrected chi connectivity index (χ3v) is 9.70. The molecule has 0 radical (unpaired) electrons. The minimum Gasteiger partial charge on any atom is -0.380 e. The number of rotatable bonds is 4. The number of carbonyl (C=O) groups is 2. The number of nitrogens with zero attached hydrogens (tertiary/aromatic N) is 2. The largest absolute Gasteiger partial charge is 0.380 e. The summed E-state index contributed by atoms with van der Waals surface area (Å²) in [5.41, 5.74) is 2.85. The normalized spacial score (nSPS) is 25.8. The zero-order valence-electron chi connectivity index (χ0n) is 19.7. The van der Waals surface area contributed by atoms with Gasteiger partial charge in [-0.1, -0.05) is 54.7 Å². The van der Waals surface area contributed by atoms with E-state index in [1.165, 1.54) is 4.31 Å². The fourth-order valence-corrected chi connectivity index (χ4v) is 7.26. The summed E-state index contributed by atoms with van der Waals surface area (Å²) >= 11 is 12.7.